The van der Waals surface area contributed by atoms with Crippen LogP contribution in [0.5, 0.6) is 0 Å². The van der Waals surface area contributed by atoms with Gasteiger partial charge in [-0.2, -0.15) is 0 Å². The Kier molecular flexibility index (Phi) is 5.62. The highest BCUT2D eigenvalue weighted by Crippen LogP contribution is 2.37. The minimum atomic E-state index is -0.566. The van der Waals surface area contributed by atoms with Crippen molar-refractivity contribution in [1.82, 2.24) is 4.98 Å². The van der Waals surface area contributed by atoms with E-state index in [9.17, 15) is 4.79 Å². The van der Waals surface area contributed by atoms with Gasteiger partial charge in [-0.1, -0.05) is 40.2 Å². The summed E-state index contributed by atoms with van der Waals surface area (Å²) in [5.74, 6) is 0.0235. The first kappa shape index (κ1) is 19.3. The normalized spacial score (nSPS) is 15.9. The third-order valence-corrected chi connectivity index (χ3v) is 6.54. The third-order valence-electron chi connectivity index (χ3n) is 5.24. The molecule has 1 aliphatic heterocycles. The molecule has 0 unspecified atom stereocenters. The van der Waals surface area contributed by atoms with Gasteiger partial charge in [-0.05, 0) is 49.6 Å². The van der Waals surface area contributed by atoms with Crippen LogP contribution in [0.4, 0.5) is 5.69 Å². The highest BCUT2D eigenvalue weighted by molar-refractivity contribution is 9.10. The summed E-state index contributed by atoms with van der Waals surface area (Å²) in [6.07, 6.45) is 1.35. The lowest BCUT2D eigenvalue weighted by molar-refractivity contribution is -0.125. The van der Waals surface area contributed by atoms with E-state index in [0.717, 1.165) is 32.0 Å². The second kappa shape index (κ2) is 8.15. The number of ether oxygens (including phenoxy) is 1. The molecule has 1 saturated heterocycles. The molecule has 0 atom stereocenters. The monoisotopic (exact) mass is 456 g/mol. The molecule has 144 valence electrons. The van der Waals surface area contributed by atoms with E-state index < -0.39 is 5.41 Å². The molecule has 28 heavy (non-hydrogen) atoms. The first-order valence-corrected chi connectivity index (χ1v) is 10.9. The van der Waals surface area contributed by atoms with Gasteiger partial charge in [0.15, 0.2) is 0 Å². The van der Waals surface area contributed by atoms with Gasteiger partial charge in [0.05, 0.1) is 16.1 Å². The summed E-state index contributed by atoms with van der Waals surface area (Å²) in [4.78, 5) is 17.9. The summed E-state index contributed by atoms with van der Waals surface area (Å²) in [7, 11) is 0. The van der Waals surface area contributed by atoms with Crippen molar-refractivity contribution < 1.29 is 9.53 Å². The van der Waals surface area contributed by atoms with Crippen LogP contribution < -0.4 is 5.32 Å². The number of nitrogens with zero attached hydrogens (tertiary/aromatic N) is 1. The lowest BCUT2D eigenvalue weighted by Gasteiger charge is -2.36. The van der Waals surface area contributed by atoms with E-state index in [1.807, 2.05) is 60.8 Å². The van der Waals surface area contributed by atoms with Crippen molar-refractivity contribution in [3.8, 4) is 11.3 Å². The number of rotatable bonds is 4. The number of carbonyl (C=O) groups is 1. The Morgan fingerprint density at radius 3 is 2.39 bits per heavy atom. The molecule has 1 N–H and O–H groups in total. The maximum Gasteiger partial charge on any atom is 0.235 e. The summed E-state index contributed by atoms with van der Waals surface area (Å²) < 4.78 is 6.55. The van der Waals surface area contributed by atoms with Gasteiger partial charge in [-0.15, -0.1) is 11.3 Å². The quantitative estimate of drug-likeness (QED) is 0.558. The van der Waals surface area contributed by atoms with E-state index >= 15 is 0 Å². The number of aromatic nitrogens is 1. The number of benzene rings is 2. The largest absolute Gasteiger partial charge is 0.381 e. The van der Waals surface area contributed by atoms with Crippen LogP contribution in [0, 0.1) is 6.92 Å². The number of thiazole rings is 1. The topological polar surface area (TPSA) is 51.2 Å². The van der Waals surface area contributed by atoms with Crippen molar-refractivity contribution in [3.05, 3.63) is 69.0 Å². The van der Waals surface area contributed by atoms with Gasteiger partial charge in [0.2, 0.25) is 5.91 Å². The molecule has 0 spiro atoms. The molecular formula is C22H21BrN2O2S. The minimum absolute atomic E-state index is 0.0235. The Labute approximate surface area is 177 Å². The molecule has 1 aromatic heterocycles. The molecule has 1 amide bonds. The van der Waals surface area contributed by atoms with Gasteiger partial charge < -0.3 is 10.1 Å². The second-order valence-electron chi connectivity index (χ2n) is 6.98. The van der Waals surface area contributed by atoms with Crippen molar-refractivity contribution in [1.29, 1.82) is 0 Å². The maximum absolute atomic E-state index is 13.3. The fourth-order valence-corrected chi connectivity index (χ4v) is 4.49. The van der Waals surface area contributed by atoms with Crippen molar-refractivity contribution in [2.24, 2.45) is 0 Å². The van der Waals surface area contributed by atoms with Crippen LogP contribution in [-0.2, 0) is 14.9 Å². The molecule has 2 heterocycles. The molecule has 0 aliphatic carbocycles. The Balaban J connectivity index is 1.57. The lowest BCUT2D eigenvalue weighted by atomic mass is 9.73. The number of anilines is 1. The SMILES string of the molecule is Cc1nc(-c2ccc(NC(=O)C3(c4ccc(Br)cc4)CCOCC3)cc2)cs1. The molecule has 3 aromatic rings. The van der Waals surface area contributed by atoms with E-state index in [2.05, 4.69) is 26.2 Å². The highest BCUT2D eigenvalue weighted by Gasteiger charge is 2.41. The third kappa shape index (κ3) is 3.90. The zero-order chi connectivity index (χ0) is 19.6. The van der Waals surface area contributed by atoms with Crippen LogP contribution in [0.2, 0.25) is 0 Å². The fraction of sp³-hybridized carbons (Fsp3) is 0.273. The average molecular weight is 457 g/mol. The van der Waals surface area contributed by atoms with E-state index in [-0.39, 0.29) is 5.91 Å². The molecule has 0 saturated carbocycles. The summed E-state index contributed by atoms with van der Waals surface area (Å²) in [6, 6.07) is 15.9. The number of carbonyl (C=O) groups excluding carboxylic acids is 1. The number of halogens is 1. The van der Waals surface area contributed by atoms with E-state index in [0.29, 0.717) is 26.1 Å². The molecule has 6 heteroatoms. The number of aryl methyl sites for hydroxylation is 1. The Hall–Kier alpha value is -2.02. The van der Waals surface area contributed by atoms with Crippen molar-refractivity contribution in [2.75, 3.05) is 18.5 Å². The van der Waals surface area contributed by atoms with Crippen LogP contribution in [-0.4, -0.2) is 24.1 Å². The van der Waals surface area contributed by atoms with E-state index in [1.54, 1.807) is 11.3 Å². The zero-order valence-electron chi connectivity index (χ0n) is 15.6. The first-order chi connectivity index (χ1) is 13.6. The average Bonchev–Trinajstić information content (AvgIpc) is 3.16. The van der Waals surface area contributed by atoms with Crippen molar-refractivity contribution in [3.63, 3.8) is 0 Å². The first-order valence-electron chi connectivity index (χ1n) is 9.25. The number of hydrogen-bond donors (Lipinski definition) is 1. The van der Waals surface area contributed by atoms with Crippen molar-refractivity contribution >= 4 is 38.9 Å². The maximum atomic E-state index is 13.3. The van der Waals surface area contributed by atoms with Gasteiger partial charge in [-0.3, -0.25) is 4.79 Å². The zero-order valence-corrected chi connectivity index (χ0v) is 18.0. The smallest absolute Gasteiger partial charge is 0.235 e. The fourth-order valence-electron chi connectivity index (χ4n) is 3.61. The van der Waals surface area contributed by atoms with Gasteiger partial charge in [0, 0.05) is 34.3 Å². The van der Waals surface area contributed by atoms with Gasteiger partial charge in [0.25, 0.3) is 0 Å². The molecule has 4 rings (SSSR count). The summed E-state index contributed by atoms with van der Waals surface area (Å²) in [5, 5.41) is 6.22. The predicted octanol–water partition coefficient (Wildman–Crippen LogP) is 5.57. The van der Waals surface area contributed by atoms with E-state index in [4.69, 9.17) is 4.74 Å². The Morgan fingerprint density at radius 2 is 1.79 bits per heavy atom. The number of nitrogens with one attached hydrogen (secondary N) is 1. The predicted molar refractivity (Wildman–Crippen MR) is 117 cm³/mol. The summed E-state index contributed by atoms with van der Waals surface area (Å²) >= 11 is 5.11. The van der Waals surface area contributed by atoms with Crippen LogP contribution in [0.1, 0.15) is 23.4 Å². The minimum Gasteiger partial charge on any atom is -0.381 e. The van der Waals surface area contributed by atoms with Gasteiger partial charge in [0.1, 0.15) is 0 Å². The van der Waals surface area contributed by atoms with Crippen LogP contribution >= 0.6 is 27.3 Å². The Morgan fingerprint density at radius 1 is 1.11 bits per heavy atom. The van der Waals surface area contributed by atoms with Crippen molar-refractivity contribution in [2.45, 2.75) is 25.2 Å². The van der Waals surface area contributed by atoms with Crippen LogP contribution in [0.3, 0.4) is 0 Å². The standard InChI is InChI=1S/C22H21BrN2O2S/c1-15-24-20(14-28-15)16-2-8-19(9-3-16)25-21(26)22(10-12-27-13-11-22)17-4-6-18(23)7-5-17/h2-9,14H,10-13H2,1H3,(H,25,26). The molecule has 0 radical (unpaired) electrons. The molecule has 2 aromatic carbocycles. The molecule has 1 aliphatic rings. The number of amides is 1. The van der Waals surface area contributed by atoms with Crippen LogP contribution in [0.15, 0.2) is 58.4 Å². The summed E-state index contributed by atoms with van der Waals surface area (Å²) in [5.41, 5.74) is 3.28. The molecule has 4 nitrogen and oxygen atoms in total. The Bertz CT molecular complexity index is 961. The second-order valence-corrected chi connectivity index (χ2v) is 8.96. The van der Waals surface area contributed by atoms with Crippen LogP contribution in [0.25, 0.3) is 11.3 Å². The lowest BCUT2D eigenvalue weighted by Crippen LogP contribution is -2.44. The highest BCUT2D eigenvalue weighted by atomic mass is 79.9. The van der Waals surface area contributed by atoms with Gasteiger partial charge in [-0.25, -0.2) is 4.98 Å². The summed E-state index contributed by atoms with van der Waals surface area (Å²) in [6.45, 7) is 3.18. The number of hydrogen-bond acceptors (Lipinski definition) is 4. The van der Waals surface area contributed by atoms with Gasteiger partial charge >= 0.3 is 0 Å². The molecule has 1 fully saturated rings. The molecule has 0 bridgehead atoms. The van der Waals surface area contributed by atoms with E-state index in [1.165, 1.54) is 0 Å². The molecular weight excluding hydrogens is 436 g/mol.